The van der Waals surface area contributed by atoms with Crippen molar-refractivity contribution < 1.29 is 0 Å². The van der Waals surface area contributed by atoms with Crippen molar-refractivity contribution in [3.8, 4) is 0 Å². The maximum atomic E-state index is 4.45. The van der Waals surface area contributed by atoms with Crippen LogP contribution in [0.4, 0.5) is 0 Å². The van der Waals surface area contributed by atoms with Gasteiger partial charge in [-0.25, -0.2) is 0 Å². The van der Waals surface area contributed by atoms with Crippen LogP contribution in [0, 0.1) is 0 Å². The molecule has 2 heterocycles. The van der Waals surface area contributed by atoms with E-state index < -0.39 is 0 Å². The molecule has 0 aliphatic carbocycles. The lowest BCUT2D eigenvalue weighted by Gasteiger charge is -2.43. The number of piperazine rings is 1. The second kappa shape index (κ2) is 6.71. The molecule has 3 rings (SSSR count). The molecule has 1 saturated heterocycles. The molecule has 118 valence electrons. The Morgan fingerprint density at radius 3 is 2.68 bits per heavy atom. The van der Waals surface area contributed by atoms with Crippen LogP contribution in [0.3, 0.4) is 0 Å². The molecular formula is C18H26N4. The molecule has 0 radical (unpaired) electrons. The van der Waals surface area contributed by atoms with Gasteiger partial charge in [-0.05, 0) is 37.5 Å². The predicted octanol–water partition coefficient (Wildman–Crippen LogP) is 3.15. The van der Waals surface area contributed by atoms with Gasteiger partial charge in [0.05, 0.1) is 11.0 Å². The van der Waals surface area contributed by atoms with Crippen molar-refractivity contribution in [2.45, 2.75) is 51.7 Å². The quantitative estimate of drug-likeness (QED) is 0.941. The second-order valence-corrected chi connectivity index (χ2v) is 6.25. The Hall–Kier alpha value is -1.52. The highest BCUT2D eigenvalue weighted by molar-refractivity contribution is 5.74. The number of fused-ring (bicyclic) bond motifs is 1. The third kappa shape index (κ3) is 2.99. The van der Waals surface area contributed by atoms with E-state index in [1.165, 1.54) is 18.4 Å². The Morgan fingerprint density at radius 2 is 1.95 bits per heavy atom. The second-order valence-electron chi connectivity index (χ2n) is 6.25. The van der Waals surface area contributed by atoms with Gasteiger partial charge in [0.15, 0.2) is 0 Å². The van der Waals surface area contributed by atoms with E-state index in [0.29, 0.717) is 18.1 Å². The molecule has 22 heavy (non-hydrogen) atoms. The Labute approximate surface area is 133 Å². The minimum absolute atomic E-state index is 0.410. The highest BCUT2D eigenvalue weighted by atomic mass is 15.2. The summed E-state index contributed by atoms with van der Waals surface area (Å²) < 4.78 is 0. The number of nitrogens with one attached hydrogen (secondary N) is 1. The van der Waals surface area contributed by atoms with Crippen LogP contribution in [0.1, 0.15) is 45.2 Å². The first-order valence-electron chi connectivity index (χ1n) is 8.42. The molecule has 1 N–H and O–H groups in total. The van der Waals surface area contributed by atoms with Gasteiger partial charge in [-0.15, -0.1) is 0 Å². The summed E-state index contributed by atoms with van der Waals surface area (Å²) in [7, 11) is 0. The molecule has 0 bridgehead atoms. The van der Waals surface area contributed by atoms with E-state index in [1.54, 1.807) is 12.4 Å². The molecular weight excluding hydrogens is 272 g/mol. The summed E-state index contributed by atoms with van der Waals surface area (Å²) in [6, 6.07) is 8.11. The summed E-state index contributed by atoms with van der Waals surface area (Å²) in [6.07, 6.45) is 5.88. The molecule has 0 saturated carbocycles. The zero-order chi connectivity index (χ0) is 15.5. The molecule has 4 heteroatoms. The van der Waals surface area contributed by atoms with Crippen molar-refractivity contribution >= 4 is 11.0 Å². The first-order chi connectivity index (χ1) is 10.7. The van der Waals surface area contributed by atoms with Gasteiger partial charge in [0.25, 0.3) is 0 Å². The molecule has 0 spiro atoms. The molecule has 1 aliphatic rings. The van der Waals surface area contributed by atoms with Crippen LogP contribution in [-0.2, 0) is 0 Å². The zero-order valence-corrected chi connectivity index (χ0v) is 13.8. The molecule has 1 fully saturated rings. The molecule has 1 unspecified atom stereocenters. The van der Waals surface area contributed by atoms with Gasteiger partial charge in [0, 0.05) is 43.6 Å². The van der Waals surface area contributed by atoms with Crippen molar-refractivity contribution in [2.24, 2.45) is 0 Å². The Morgan fingerprint density at radius 1 is 1.18 bits per heavy atom. The van der Waals surface area contributed by atoms with Gasteiger partial charge in [0.2, 0.25) is 0 Å². The van der Waals surface area contributed by atoms with E-state index in [9.17, 15) is 0 Å². The first kappa shape index (κ1) is 15.4. The predicted molar refractivity (Wildman–Crippen MR) is 90.8 cm³/mol. The lowest BCUT2D eigenvalue weighted by Crippen LogP contribution is -2.56. The fourth-order valence-corrected chi connectivity index (χ4v) is 3.45. The van der Waals surface area contributed by atoms with Gasteiger partial charge in [0.1, 0.15) is 0 Å². The highest BCUT2D eigenvalue weighted by Gasteiger charge is 2.29. The topological polar surface area (TPSA) is 41.1 Å². The summed E-state index contributed by atoms with van der Waals surface area (Å²) in [5, 5.41) is 3.67. The van der Waals surface area contributed by atoms with Crippen molar-refractivity contribution in [3.05, 3.63) is 36.2 Å². The van der Waals surface area contributed by atoms with Crippen molar-refractivity contribution in [1.29, 1.82) is 0 Å². The molecule has 0 amide bonds. The number of aromatic nitrogens is 2. The number of hydrogen-bond acceptors (Lipinski definition) is 4. The van der Waals surface area contributed by atoms with Crippen LogP contribution in [0.15, 0.2) is 30.6 Å². The molecule has 2 aromatic rings. The molecule has 1 aliphatic heterocycles. The third-order valence-electron chi connectivity index (χ3n) is 4.98. The van der Waals surface area contributed by atoms with Crippen molar-refractivity contribution in [3.63, 3.8) is 0 Å². The standard InChI is InChI=1S/C18H26N4/c1-4-15-12-22(16(5-2)11-21-15)13(3)14-6-7-17-18(10-14)20-9-8-19-17/h6-10,13,15-16,21H,4-5,11-12H2,1-3H3/t13?,15-,16+/m0/s1. The number of nitrogens with zero attached hydrogens (tertiary/aromatic N) is 3. The van der Waals surface area contributed by atoms with Crippen molar-refractivity contribution in [1.82, 2.24) is 20.2 Å². The lowest BCUT2D eigenvalue weighted by atomic mass is 9.98. The zero-order valence-electron chi connectivity index (χ0n) is 13.8. The maximum absolute atomic E-state index is 4.45. The normalized spacial score (nSPS) is 24.5. The van der Waals surface area contributed by atoms with Gasteiger partial charge < -0.3 is 5.32 Å². The van der Waals surface area contributed by atoms with Crippen LogP contribution >= 0.6 is 0 Å². The van der Waals surface area contributed by atoms with Crippen LogP contribution in [-0.4, -0.2) is 40.0 Å². The van der Waals surface area contributed by atoms with Crippen molar-refractivity contribution in [2.75, 3.05) is 13.1 Å². The summed E-state index contributed by atoms with van der Waals surface area (Å²) in [5.74, 6) is 0. The van der Waals surface area contributed by atoms with Crippen LogP contribution in [0.25, 0.3) is 11.0 Å². The summed E-state index contributed by atoms with van der Waals surface area (Å²) in [5.41, 5.74) is 3.29. The SMILES string of the molecule is CC[C@H]1CN(C(C)c2ccc3nccnc3c2)[C@H](CC)CN1. The average molecular weight is 298 g/mol. The van der Waals surface area contributed by atoms with E-state index in [4.69, 9.17) is 0 Å². The Balaban J connectivity index is 1.87. The largest absolute Gasteiger partial charge is 0.311 e. The monoisotopic (exact) mass is 298 g/mol. The Bertz CT molecular complexity index is 627. The van der Waals surface area contributed by atoms with Gasteiger partial charge in [-0.2, -0.15) is 0 Å². The summed E-state index contributed by atoms with van der Waals surface area (Å²) in [4.78, 5) is 11.5. The third-order valence-corrected chi connectivity index (χ3v) is 4.98. The number of rotatable bonds is 4. The van der Waals surface area contributed by atoms with Gasteiger partial charge in [-0.1, -0.05) is 19.9 Å². The maximum Gasteiger partial charge on any atom is 0.0890 e. The lowest BCUT2D eigenvalue weighted by molar-refractivity contribution is 0.0851. The van der Waals surface area contributed by atoms with E-state index in [1.807, 2.05) is 0 Å². The smallest absolute Gasteiger partial charge is 0.0890 e. The van der Waals surface area contributed by atoms with Crippen LogP contribution < -0.4 is 5.32 Å². The first-order valence-corrected chi connectivity index (χ1v) is 8.42. The summed E-state index contributed by atoms with van der Waals surface area (Å²) in [6.45, 7) is 9.07. The highest BCUT2D eigenvalue weighted by Crippen LogP contribution is 2.27. The Kier molecular flexibility index (Phi) is 4.69. The van der Waals surface area contributed by atoms with E-state index in [2.05, 4.69) is 59.2 Å². The minimum atomic E-state index is 0.410. The molecule has 1 aromatic carbocycles. The minimum Gasteiger partial charge on any atom is -0.311 e. The number of benzene rings is 1. The molecule has 4 nitrogen and oxygen atoms in total. The fourth-order valence-electron chi connectivity index (χ4n) is 3.45. The van der Waals surface area contributed by atoms with E-state index >= 15 is 0 Å². The molecule has 1 aromatic heterocycles. The average Bonchev–Trinajstić information content (AvgIpc) is 2.60. The molecule has 3 atom stereocenters. The van der Waals surface area contributed by atoms with E-state index in [0.717, 1.165) is 24.1 Å². The number of hydrogen-bond donors (Lipinski definition) is 1. The fraction of sp³-hybridized carbons (Fsp3) is 0.556. The summed E-state index contributed by atoms with van der Waals surface area (Å²) >= 11 is 0. The van der Waals surface area contributed by atoms with Crippen LogP contribution in [0.2, 0.25) is 0 Å². The van der Waals surface area contributed by atoms with Gasteiger partial charge in [-0.3, -0.25) is 14.9 Å². The van der Waals surface area contributed by atoms with Gasteiger partial charge >= 0.3 is 0 Å². The van der Waals surface area contributed by atoms with E-state index in [-0.39, 0.29) is 0 Å². The van der Waals surface area contributed by atoms with Crippen LogP contribution in [0.5, 0.6) is 0 Å².